The van der Waals surface area contributed by atoms with Gasteiger partial charge in [-0.05, 0) is 29.0 Å². The third kappa shape index (κ3) is 1.86. The van der Waals surface area contributed by atoms with Crippen LogP contribution in [-0.4, -0.2) is 7.05 Å². The van der Waals surface area contributed by atoms with Crippen molar-refractivity contribution < 1.29 is 4.42 Å². The topological polar surface area (TPSA) is 25.2 Å². The number of hydrogen-bond acceptors (Lipinski definition) is 2. The highest BCUT2D eigenvalue weighted by atomic mass is 79.9. The van der Waals surface area contributed by atoms with Crippen LogP contribution >= 0.6 is 15.9 Å². The molecule has 0 saturated heterocycles. The van der Waals surface area contributed by atoms with Gasteiger partial charge in [0.1, 0.15) is 0 Å². The Morgan fingerprint density at radius 3 is 2.91 bits per heavy atom. The van der Waals surface area contributed by atoms with Gasteiger partial charge in [0.2, 0.25) is 0 Å². The molecule has 0 aromatic carbocycles. The van der Waals surface area contributed by atoms with Crippen molar-refractivity contribution in [2.24, 2.45) is 0 Å². The Morgan fingerprint density at radius 1 is 1.82 bits per heavy atom. The van der Waals surface area contributed by atoms with Gasteiger partial charge < -0.3 is 9.73 Å². The number of terminal acetylenes is 1. The lowest BCUT2D eigenvalue weighted by Crippen LogP contribution is -2.12. The van der Waals surface area contributed by atoms with Crippen molar-refractivity contribution in [3.63, 3.8) is 0 Å². The first kappa shape index (κ1) is 8.38. The summed E-state index contributed by atoms with van der Waals surface area (Å²) < 4.78 is 5.73. The van der Waals surface area contributed by atoms with Crippen molar-refractivity contribution in [3.8, 4) is 12.3 Å². The second-order valence-electron chi connectivity index (χ2n) is 2.07. The largest absolute Gasteiger partial charge is 0.457 e. The van der Waals surface area contributed by atoms with E-state index >= 15 is 0 Å². The summed E-state index contributed by atoms with van der Waals surface area (Å²) in [4.78, 5) is 0. The van der Waals surface area contributed by atoms with Gasteiger partial charge >= 0.3 is 0 Å². The lowest BCUT2D eigenvalue weighted by molar-refractivity contribution is 0.535. The average molecular weight is 214 g/mol. The number of nitrogens with one attached hydrogen (secondary N) is 1. The van der Waals surface area contributed by atoms with Crippen LogP contribution in [0, 0.1) is 12.3 Å². The van der Waals surface area contributed by atoms with E-state index in [1.165, 1.54) is 0 Å². The van der Waals surface area contributed by atoms with Crippen LogP contribution < -0.4 is 5.32 Å². The first-order valence-corrected chi connectivity index (χ1v) is 3.94. The minimum atomic E-state index is -0.0648. The van der Waals surface area contributed by atoms with E-state index in [4.69, 9.17) is 10.8 Å². The van der Waals surface area contributed by atoms with Crippen molar-refractivity contribution >= 4 is 15.9 Å². The monoisotopic (exact) mass is 213 g/mol. The number of rotatable bonds is 2. The Labute approximate surface area is 74.1 Å². The second-order valence-corrected chi connectivity index (χ2v) is 2.85. The molecule has 2 nitrogen and oxygen atoms in total. The Morgan fingerprint density at radius 2 is 2.55 bits per heavy atom. The van der Waals surface area contributed by atoms with Crippen molar-refractivity contribution in [1.29, 1.82) is 0 Å². The maximum atomic E-state index is 5.26. The smallest absolute Gasteiger partial charge is 0.169 e. The highest BCUT2D eigenvalue weighted by Gasteiger charge is 2.07. The highest BCUT2D eigenvalue weighted by Crippen LogP contribution is 2.19. The summed E-state index contributed by atoms with van der Waals surface area (Å²) in [5, 5.41) is 2.96. The minimum absolute atomic E-state index is 0.0648. The zero-order chi connectivity index (χ0) is 8.27. The molecule has 0 bridgehead atoms. The third-order valence-electron chi connectivity index (χ3n) is 1.38. The fraction of sp³-hybridized carbons (Fsp3) is 0.250. The van der Waals surface area contributed by atoms with E-state index in [0.717, 1.165) is 5.56 Å². The van der Waals surface area contributed by atoms with Crippen molar-refractivity contribution in [2.45, 2.75) is 6.04 Å². The van der Waals surface area contributed by atoms with Crippen LogP contribution in [0.5, 0.6) is 0 Å². The first-order valence-electron chi connectivity index (χ1n) is 3.15. The fourth-order valence-corrected chi connectivity index (χ4v) is 1.18. The molecule has 0 saturated carbocycles. The van der Waals surface area contributed by atoms with Gasteiger partial charge in [0, 0.05) is 5.56 Å². The van der Waals surface area contributed by atoms with Gasteiger partial charge in [-0.3, -0.25) is 0 Å². The van der Waals surface area contributed by atoms with Gasteiger partial charge in [0.25, 0.3) is 0 Å². The summed E-state index contributed by atoms with van der Waals surface area (Å²) in [7, 11) is 1.81. The molecule has 1 aromatic heterocycles. The summed E-state index contributed by atoms with van der Waals surface area (Å²) in [6, 6.07) is 1.78. The summed E-state index contributed by atoms with van der Waals surface area (Å²) in [5.41, 5.74) is 0.960. The zero-order valence-corrected chi connectivity index (χ0v) is 7.68. The van der Waals surface area contributed by atoms with Crippen LogP contribution in [0.15, 0.2) is 21.4 Å². The minimum Gasteiger partial charge on any atom is -0.457 e. The molecule has 1 heterocycles. The molecule has 0 radical (unpaired) electrons. The molecule has 1 N–H and O–H groups in total. The average Bonchev–Trinajstić information content (AvgIpc) is 2.39. The van der Waals surface area contributed by atoms with E-state index in [9.17, 15) is 0 Å². The van der Waals surface area contributed by atoms with Crippen LogP contribution in [0.25, 0.3) is 0 Å². The molecule has 58 valence electrons. The van der Waals surface area contributed by atoms with E-state index in [1.54, 1.807) is 6.26 Å². The van der Waals surface area contributed by atoms with E-state index in [1.807, 2.05) is 13.1 Å². The van der Waals surface area contributed by atoms with Crippen molar-refractivity contribution in [1.82, 2.24) is 5.32 Å². The van der Waals surface area contributed by atoms with Crippen LogP contribution in [0.3, 0.4) is 0 Å². The predicted octanol–water partition coefficient (Wildman–Crippen LogP) is 1.94. The van der Waals surface area contributed by atoms with Crippen LogP contribution in [0.2, 0.25) is 0 Å². The van der Waals surface area contributed by atoms with Crippen molar-refractivity contribution in [2.75, 3.05) is 7.05 Å². The maximum absolute atomic E-state index is 5.26. The van der Waals surface area contributed by atoms with E-state index in [-0.39, 0.29) is 6.04 Å². The molecule has 0 aliphatic carbocycles. The SMILES string of the molecule is C#CC(NC)c1coc(Br)c1. The molecule has 1 unspecified atom stereocenters. The molecule has 1 aromatic rings. The third-order valence-corrected chi connectivity index (χ3v) is 1.79. The molecule has 11 heavy (non-hydrogen) atoms. The molecule has 0 spiro atoms. The summed E-state index contributed by atoms with van der Waals surface area (Å²) >= 11 is 3.20. The van der Waals surface area contributed by atoms with Crippen LogP contribution in [-0.2, 0) is 0 Å². The summed E-state index contributed by atoms with van der Waals surface area (Å²) in [5.74, 6) is 2.59. The summed E-state index contributed by atoms with van der Waals surface area (Å²) in [6.07, 6.45) is 6.89. The molecule has 1 atom stereocenters. The number of hydrogen-bond donors (Lipinski definition) is 1. The van der Waals surface area contributed by atoms with Crippen LogP contribution in [0.4, 0.5) is 0 Å². The molecular formula is C8H8BrNO. The van der Waals surface area contributed by atoms with Crippen LogP contribution in [0.1, 0.15) is 11.6 Å². The highest BCUT2D eigenvalue weighted by molar-refractivity contribution is 9.10. The van der Waals surface area contributed by atoms with Gasteiger partial charge in [-0.2, -0.15) is 0 Å². The standard InChI is InChI=1S/C8H8BrNO/c1-3-7(10-2)6-4-8(9)11-5-6/h1,4-5,7,10H,2H3. The van der Waals surface area contributed by atoms with Gasteiger partial charge in [-0.1, -0.05) is 5.92 Å². The zero-order valence-electron chi connectivity index (χ0n) is 6.10. The molecule has 1 rings (SSSR count). The van der Waals surface area contributed by atoms with E-state index < -0.39 is 0 Å². The molecule has 3 heteroatoms. The first-order chi connectivity index (χ1) is 5.27. The Balaban J connectivity index is 2.84. The molecule has 0 aliphatic heterocycles. The lowest BCUT2D eigenvalue weighted by Gasteiger charge is -2.03. The Kier molecular flexibility index (Phi) is 2.75. The molecule has 0 amide bonds. The Hall–Kier alpha value is -0.720. The van der Waals surface area contributed by atoms with Gasteiger partial charge in [0.15, 0.2) is 4.67 Å². The predicted molar refractivity (Wildman–Crippen MR) is 47.0 cm³/mol. The number of furan rings is 1. The quantitative estimate of drug-likeness (QED) is 0.761. The molecule has 0 aliphatic rings. The van der Waals surface area contributed by atoms with Gasteiger partial charge in [0.05, 0.1) is 12.3 Å². The molecule has 0 fully saturated rings. The van der Waals surface area contributed by atoms with Crippen molar-refractivity contribution in [3.05, 3.63) is 22.6 Å². The molecular weight excluding hydrogens is 206 g/mol. The Bertz CT molecular complexity index is 274. The van der Waals surface area contributed by atoms with E-state index in [0.29, 0.717) is 4.67 Å². The van der Waals surface area contributed by atoms with E-state index in [2.05, 4.69) is 27.2 Å². The maximum Gasteiger partial charge on any atom is 0.169 e. The van der Waals surface area contributed by atoms with Gasteiger partial charge in [-0.25, -0.2) is 0 Å². The lowest BCUT2D eigenvalue weighted by atomic mass is 10.2. The summed E-state index contributed by atoms with van der Waals surface area (Å²) in [6.45, 7) is 0. The number of halogens is 1. The normalized spacial score (nSPS) is 12.5. The second kappa shape index (κ2) is 3.61. The fourth-order valence-electron chi connectivity index (χ4n) is 0.821. The van der Waals surface area contributed by atoms with Gasteiger partial charge in [-0.15, -0.1) is 6.42 Å².